The first-order valence-corrected chi connectivity index (χ1v) is 12.3. The number of allylic oxidation sites excluding steroid dienone is 1. The smallest absolute Gasteiger partial charge is 0.338 e. The van der Waals surface area contributed by atoms with E-state index in [1.54, 1.807) is 11.5 Å². The van der Waals surface area contributed by atoms with Gasteiger partial charge >= 0.3 is 5.97 Å². The van der Waals surface area contributed by atoms with Gasteiger partial charge in [0.1, 0.15) is 12.4 Å². The summed E-state index contributed by atoms with van der Waals surface area (Å²) < 4.78 is 13.1. The standard InChI is InChI=1S/C29H24N2O4S/c1-19-25(28(33)34-2)26(22-13-7-4-8-14-22)31-27(32)24(36-29(31)30-19)17-21-12-9-15-23(16-21)35-18-20-10-5-3-6-11-20/h3-17,26H,18H2,1-2H3. The molecule has 2 heterocycles. The fourth-order valence-electron chi connectivity index (χ4n) is 4.23. The number of thiazole rings is 1. The van der Waals surface area contributed by atoms with Gasteiger partial charge in [-0.15, -0.1) is 0 Å². The van der Waals surface area contributed by atoms with Crippen molar-refractivity contribution < 1.29 is 14.3 Å². The number of fused-ring (bicyclic) bond motifs is 1. The van der Waals surface area contributed by atoms with Gasteiger partial charge < -0.3 is 9.47 Å². The SMILES string of the molecule is COC(=O)C1=C(C)N=c2sc(=Cc3cccc(OCc4ccccc4)c3)c(=O)n2C1c1ccccc1. The van der Waals surface area contributed by atoms with Crippen LogP contribution in [0.3, 0.4) is 0 Å². The maximum Gasteiger partial charge on any atom is 0.338 e. The Hall–Kier alpha value is -4.23. The Kier molecular flexibility index (Phi) is 6.64. The Bertz CT molecular complexity index is 1620. The average molecular weight is 497 g/mol. The molecule has 0 N–H and O–H groups in total. The number of ether oxygens (including phenoxy) is 2. The fourth-order valence-corrected chi connectivity index (χ4v) is 5.28. The van der Waals surface area contributed by atoms with Crippen LogP contribution in [0.2, 0.25) is 0 Å². The third-order valence-electron chi connectivity index (χ3n) is 5.95. The zero-order valence-corrected chi connectivity index (χ0v) is 20.7. The second-order valence-electron chi connectivity index (χ2n) is 8.33. The summed E-state index contributed by atoms with van der Waals surface area (Å²) in [6.07, 6.45) is 1.83. The van der Waals surface area contributed by atoms with Crippen LogP contribution in [-0.4, -0.2) is 17.6 Å². The van der Waals surface area contributed by atoms with Crippen molar-refractivity contribution in [2.75, 3.05) is 7.11 Å². The summed E-state index contributed by atoms with van der Waals surface area (Å²) in [5.41, 5.74) is 3.42. The summed E-state index contributed by atoms with van der Waals surface area (Å²) in [6.45, 7) is 2.23. The highest BCUT2D eigenvalue weighted by Crippen LogP contribution is 2.30. The number of aromatic nitrogens is 1. The number of nitrogens with zero attached hydrogens (tertiary/aromatic N) is 2. The monoisotopic (exact) mass is 496 g/mol. The molecule has 0 amide bonds. The second-order valence-corrected chi connectivity index (χ2v) is 9.34. The van der Waals surface area contributed by atoms with Gasteiger partial charge in [-0.3, -0.25) is 9.36 Å². The lowest BCUT2D eigenvalue weighted by atomic mass is 9.96. The number of hydrogen-bond donors (Lipinski definition) is 0. The molecule has 5 rings (SSSR count). The molecule has 0 bridgehead atoms. The molecule has 0 saturated carbocycles. The van der Waals surface area contributed by atoms with Crippen LogP contribution in [0.25, 0.3) is 6.08 Å². The molecule has 1 aromatic heterocycles. The maximum atomic E-state index is 13.6. The summed E-state index contributed by atoms with van der Waals surface area (Å²) in [7, 11) is 1.34. The molecule has 6 nitrogen and oxygen atoms in total. The van der Waals surface area contributed by atoms with Crippen molar-refractivity contribution in [3.05, 3.63) is 133 Å². The number of esters is 1. The molecular weight excluding hydrogens is 472 g/mol. The van der Waals surface area contributed by atoms with Gasteiger partial charge in [-0.05, 0) is 41.8 Å². The number of carbonyl (C=O) groups is 1. The summed E-state index contributed by atoms with van der Waals surface area (Å²) in [5.74, 6) is 0.217. The Labute approximate surface area is 212 Å². The molecule has 1 unspecified atom stereocenters. The van der Waals surface area contributed by atoms with E-state index in [1.165, 1.54) is 18.4 Å². The van der Waals surface area contributed by atoms with E-state index >= 15 is 0 Å². The van der Waals surface area contributed by atoms with Crippen molar-refractivity contribution in [1.29, 1.82) is 0 Å². The molecule has 7 heteroatoms. The van der Waals surface area contributed by atoms with Crippen molar-refractivity contribution in [3.8, 4) is 5.75 Å². The molecule has 3 aromatic carbocycles. The zero-order valence-electron chi connectivity index (χ0n) is 19.9. The van der Waals surface area contributed by atoms with Gasteiger partial charge in [0.25, 0.3) is 5.56 Å². The third kappa shape index (κ3) is 4.65. The van der Waals surface area contributed by atoms with Crippen LogP contribution in [0.5, 0.6) is 5.75 Å². The van der Waals surface area contributed by atoms with Crippen LogP contribution < -0.4 is 19.6 Å². The van der Waals surface area contributed by atoms with E-state index in [-0.39, 0.29) is 5.56 Å². The highest BCUT2D eigenvalue weighted by atomic mass is 32.1. The van der Waals surface area contributed by atoms with Gasteiger partial charge in [0.2, 0.25) is 0 Å². The van der Waals surface area contributed by atoms with E-state index in [0.717, 1.165) is 16.7 Å². The van der Waals surface area contributed by atoms with E-state index in [4.69, 9.17) is 9.47 Å². The summed E-state index contributed by atoms with van der Waals surface area (Å²) in [4.78, 5) is 31.5. The normalized spacial score (nSPS) is 15.3. The molecule has 4 aromatic rings. The lowest BCUT2D eigenvalue weighted by Crippen LogP contribution is -2.39. The predicted octanol–water partition coefficient (Wildman–Crippen LogP) is 3.99. The van der Waals surface area contributed by atoms with Gasteiger partial charge in [0.15, 0.2) is 4.80 Å². The highest BCUT2D eigenvalue weighted by Gasteiger charge is 2.32. The molecule has 0 radical (unpaired) electrons. The first-order valence-electron chi connectivity index (χ1n) is 11.5. The molecule has 0 saturated heterocycles. The van der Waals surface area contributed by atoms with Gasteiger partial charge in [0, 0.05) is 0 Å². The molecule has 180 valence electrons. The number of methoxy groups -OCH3 is 1. The minimum Gasteiger partial charge on any atom is -0.489 e. The largest absolute Gasteiger partial charge is 0.489 e. The molecule has 0 aliphatic carbocycles. The van der Waals surface area contributed by atoms with Crippen LogP contribution in [0, 0.1) is 0 Å². The van der Waals surface area contributed by atoms with E-state index in [1.807, 2.05) is 91.0 Å². The molecule has 36 heavy (non-hydrogen) atoms. The lowest BCUT2D eigenvalue weighted by Gasteiger charge is -2.24. The summed E-state index contributed by atoms with van der Waals surface area (Å²) >= 11 is 1.30. The Morgan fingerprint density at radius 3 is 2.47 bits per heavy atom. The van der Waals surface area contributed by atoms with E-state index in [0.29, 0.717) is 33.0 Å². The van der Waals surface area contributed by atoms with Gasteiger partial charge in [-0.2, -0.15) is 0 Å². The molecule has 1 aliphatic heterocycles. The highest BCUT2D eigenvalue weighted by molar-refractivity contribution is 7.07. The van der Waals surface area contributed by atoms with Crippen molar-refractivity contribution in [2.45, 2.75) is 19.6 Å². The van der Waals surface area contributed by atoms with Crippen LogP contribution in [0.15, 0.2) is 106 Å². The fraction of sp³-hybridized carbons (Fsp3) is 0.138. The minimum absolute atomic E-state index is 0.211. The maximum absolute atomic E-state index is 13.6. The Morgan fingerprint density at radius 1 is 1.03 bits per heavy atom. The number of benzene rings is 3. The summed E-state index contributed by atoms with van der Waals surface area (Å²) in [6, 6.07) is 26.4. The Morgan fingerprint density at radius 2 is 1.75 bits per heavy atom. The third-order valence-corrected chi connectivity index (χ3v) is 6.93. The molecular formula is C29H24N2O4S. The molecule has 0 spiro atoms. The first-order chi connectivity index (χ1) is 17.5. The number of carbonyl (C=O) groups excluding carboxylic acids is 1. The number of hydrogen-bond acceptors (Lipinski definition) is 6. The number of rotatable bonds is 6. The van der Waals surface area contributed by atoms with Gasteiger partial charge in [0.05, 0.1) is 29.0 Å². The first kappa shape index (κ1) is 23.5. The van der Waals surface area contributed by atoms with Crippen LogP contribution >= 0.6 is 11.3 Å². The van der Waals surface area contributed by atoms with Crippen LogP contribution in [0.4, 0.5) is 0 Å². The Balaban J connectivity index is 1.55. The van der Waals surface area contributed by atoms with Crippen molar-refractivity contribution in [3.63, 3.8) is 0 Å². The second kappa shape index (κ2) is 10.2. The van der Waals surface area contributed by atoms with E-state index in [9.17, 15) is 9.59 Å². The van der Waals surface area contributed by atoms with Crippen molar-refractivity contribution in [1.82, 2.24) is 4.57 Å². The minimum atomic E-state index is -0.613. The van der Waals surface area contributed by atoms with E-state index in [2.05, 4.69) is 4.99 Å². The quantitative estimate of drug-likeness (QED) is 0.379. The predicted molar refractivity (Wildman–Crippen MR) is 139 cm³/mol. The average Bonchev–Trinajstić information content (AvgIpc) is 3.21. The molecule has 1 atom stereocenters. The lowest BCUT2D eigenvalue weighted by molar-refractivity contribution is -0.136. The molecule has 1 aliphatic rings. The van der Waals surface area contributed by atoms with Crippen molar-refractivity contribution >= 4 is 23.4 Å². The molecule has 0 fully saturated rings. The topological polar surface area (TPSA) is 69.9 Å². The zero-order chi connectivity index (χ0) is 25.1. The van der Waals surface area contributed by atoms with Crippen LogP contribution in [0.1, 0.15) is 29.7 Å². The van der Waals surface area contributed by atoms with E-state index < -0.39 is 12.0 Å². The van der Waals surface area contributed by atoms with Gasteiger partial charge in [-0.25, -0.2) is 9.79 Å². The van der Waals surface area contributed by atoms with Crippen molar-refractivity contribution in [2.24, 2.45) is 4.99 Å². The van der Waals surface area contributed by atoms with Gasteiger partial charge in [-0.1, -0.05) is 84.1 Å². The van der Waals surface area contributed by atoms with Crippen LogP contribution in [-0.2, 0) is 16.1 Å². The summed E-state index contributed by atoms with van der Waals surface area (Å²) in [5, 5.41) is 0.